The van der Waals surface area contributed by atoms with Crippen LogP contribution in [0.2, 0.25) is 0 Å². The van der Waals surface area contributed by atoms with E-state index in [4.69, 9.17) is 0 Å². The summed E-state index contributed by atoms with van der Waals surface area (Å²) in [5.74, 6) is 0. The van der Waals surface area contributed by atoms with Crippen LogP contribution >= 0.6 is 0 Å². The predicted octanol–water partition coefficient (Wildman–Crippen LogP) is 7.74. The maximum absolute atomic E-state index is 13.4. The minimum Gasteiger partial charge on any atom is -0.166 e. The van der Waals surface area contributed by atoms with Gasteiger partial charge in [-0.05, 0) is 42.3 Å². The fourth-order valence-electron chi connectivity index (χ4n) is 2.80. The maximum Gasteiger partial charge on any atom is 0.417 e. The van der Waals surface area contributed by atoms with Gasteiger partial charge in [-0.15, -0.1) is 0 Å². The van der Waals surface area contributed by atoms with Crippen molar-refractivity contribution in [2.75, 3.05) is 0 Å². The van der Waals surface area contributed by atoms with Crippen LogP contribution in [-0.2, 0) is 24.7 Å². The Labute approximate surface area is 154 Å². The molecule has 2 aromatic carbocycles. The van der Waals surface area contributed by atoms with Gasteiger partial charge in [-0.1, -0.05) is 6.07 Å². The van der Waals surface area contributed by atoms with Crippen molar-refractivity contribution in [3.8, 4) is 11.1 Å². The quantitative estimate of drug-likeness (QED) is 0.398. The highest BCUT2D eigenvalue weighted by atomic mass is 19.4. The number of rotatable bonds is 1. The Morgan fingerprint density at radius 2 is 0.931 bits per heavy atom. The monoisotopic (exact) mass is 440 g/mol. The molecule has 0 aliphatic carbocycles. The van der Waals surface area contributed by atoms with Crippen LogP contribution < -0.4 is 0 Å². The molecule has 0 saturated heterocycles. The van der Waals surface area contributed by atoms with Crippen LogP contribution in [0.5, 0.6) is 0 Å². The molecule has 0 aromatic heterocycles. The molecule has 29 heavy (non-hydrogen) atoms. The molecule has 0 bridgehead atoms. The fourth-order valence-corrected chi connectivity index (χ4v) is 2.80. The van der Waals surface area contributed by atoms with Crippen LogP contribution in [0.25, 0.3) is 11.1 Å². The van der Waals surface area contributed by atoms with Gasteiger partial charge in [-0.25, -0.2) is 0 Å². The lowest BCUT2D eigenvalue weighted by Gasteiger charge is -2.24. The minimum absolute atomic E-state index is 0.0673. The zero-order chi connectivity index (χ0) is 22.6. The average Bonchev–Trinajstić information content (AvgIpc) is 2.50. The summed E-state index contributed by atoms with van der Waals surface area (Å²) in [6, 6.07) is 0.166. The predicted molar refractivity (Wildman–Crippen MR) is 76.6 cm³/mol. The summed E-state index contributed by atoms with van der Waals surface area (Å²) in [4.78, 5) is 0. The third-order valence-corrected chi connectivity index (χ3v) is 3.89. The lowest BCUT2D eigenvalue weighted by atomic mass is 9.86. The van der Waals surface area contributed by atoms with Crippen LogP contribution in [0.4, 0.5) is 52.7 Å². The molecule has 0 amide bonds. The van der Waals surface area contributed by atoms with Gasteiger partial charge in [0, 0.05) is 5.56 Å². The van der Waals surface area contributed by atoms with Crippen LogP contribution in [0.15, 0.2) is 30.3 Å². The number of aryl methyl sites for hydroxylation is 1. The molecule has 2 aromatic rings. The molecule has 0 saturated carbocycles. The Morgan fingerprint density at radius 3 is 1.28 bits per heavy atom. The van der Waals surface area contributed by atoms with E-state index in [1.54, 1.807) is 0 Å². The van der Waals surface area contributed by atoms with Crippen molar-refractivity contribution in [2.24, 2.45) is 0 Å². The second kappa shape index (κ2) is 6.84. The fraction of sp³-hybridized carbons (Fsp3) is 0.294. The lowest BCUT2D eigenvalue weighted by Crippen LogP contribution is -2.18. The van der Waals surface area contributed by atoms with E-state index >= 15 is 0 Å². The van der Waals surface area contributed by atoms with Crippen LogP contribution in [0, 0.1) is 6.92 Å². The molecule has 0 aliphatic rings. The maximum atomic E-state index is 13.4. The van der Waals surface area contributed by atoms with Crippen LogP contribution in [-0.4, -0.2) is 0 Å². The number of hydrogen-bond acceptors (Lipinski definition) is 0. The molecule has 0 heterocycles. The van der Waals surface area contributed by atoms with E-state index in [9.17, 15) is 52.7 Å². The van der Waals surface area contributed by atoms with E-state index in [-0.39, 0.29) is 18.2 Å². The summed E-state index contributed by atoms with van der Waals surface area (Å²) >= 11 is 0. The largest absolute Gasteiger partial charge is 0.417 e. The summed E-state index contributed by atoms with van der Waals surface area (Å²) in [5.41, 5.74) is -12.8. The van der Waals surface area contributed by atoms with E-state index in [0.717, 1.165) is 0 Å². The first-order valence-electron chi connectivity index (χ1n) is 7.42. The Bertz CT molecular complexity index is 878. The van der Waals surface area contributed by atoms with Gasteiger partial charge in [0.2, 0.25) is 0 Å². The van der Waals surface area contributed by atoms with Gasteiger partial charge < -0.3 is 0 Å². The molecule has 0 unspecified atom stereocenters. The number of halogens is 12. The summed E-state index contributed by atoms with van der Waals surface area (Å²) in [6.07, 6.45) is -22.0. The third-order valence-electron chi connectivity index (χ3n) is 3.89. The van der Waals surface area contributed by atoms with Gasteiger partial charge in [0.15, 0.2) is 0 Å². The standard InChI is InChI=1S/C17H8F12/c1-7-5-8(14(18,19)20)6-11(17(27,28)29)12(7)13-9(15(21,22)23)3-2-4-10(13)16(24,25)26/h2-6H,1H3. The van der Waals surface area contributed by atoms with E-state index in [0.29, 0.717) is 13.0 Å². The molecule has 0 aliphatic heterocycles. The third kappa shape index (κ3) is 4.61. The van der Waals surface area contributed by atoms with Crippen molar-refractivity contribution in [1.29, 1.82) is 0 Å². The molecule has 0 spiro atoms. The van der Waals surface area contributed by atoms with E-state index < -0.39 is 69.7 Å². The molecule has 0 nitrogen and oxygen atoms in total. The molecule has 0 N–H and O–H groups in total. The molecular weight excluding hydrogens is 432 g/mol. The first kappa shape index (κ1) is 22.9. The highest BCUT2D eigenvalue weighted by Crippen LogP contribution is 2.50. The van der Waals surface area contributed by atoms with Crippen LogP contribution in [0.3, 0.4) is 0 Å². The first-order chi connectivity index (χ1) is 12.8. The molecular formula is C17H8F12. The minimum atomic E-state index is -5.66. The number of benzene rings is 2. The molecule has 12 heteroatoms. The van der Waals surface area contributed by atoms with Gasteiger partial charge in [0.25, 0.3) is 0 Å². The van der Waals surface area contributed by atoms with Gasteiger partial charge in [-0.2, -0.15) is 52.7 Å². The number of hydrogen-bond donors (Lipinski definition) is 0. The van der Waals surface area contributed by atoms with E-state index in [1.165, 1.54) is 0 Å². The first-order valence-corrected chi connectivity index (χ1v) is 7.42. The van der Waals surface area contributed by atoms with Crippen molar-refractivity contribution in [3.05, 3.63) is 58.1 Å². The van der Waals surface area contributed by atoms with Gasteiger partial charge >= 0.3 is 24.7 Å². The summed E-state index contributed by atoms with van der Waals surface area (Å²) < 4.78 is 159. The highest BCUT2D eigenvalue weighted by Gasteiger charge is 2.45. The van der Waals surface area contributed by atoms with Crippen molar-refractivity contribution in [1.82, 2.24) is 0 Å². The molecule has 0 fully saturated rings. The van der Waals surface area contributed by atoms with Crippen molar-refractivity contribution >= 4 is 0 Å². The van der Waals surface area contributed by atoms with Gasteiger partial charge in [-0.3, -0.25) is 0 Å². The highest BCUT2D eigenvalue weighted by molar-refractivity contribution is 5.79. The van der Waals surface area contributed by atoms with Crippen molar-refractivity contribution < 1.29 is 52.7 Å². The van der Waals surface area contributed by atoms with Crippen molar-refractivity contribution in [2.45, 2.75) is 31.6 Å². The summed E-state index contributed by atoms with van der Waals surface area (Å²) in [5, 5.41) is 0. The second-order valence-electron chi connectivity index (χ2n) is 5.93. The molecule has 0 atom stereocenters. The Hall–Kier alpha value is -2.40. The molecule has 0 radical (unpaired) electrons. The molecule has 160 valence electrons. The normalized spacial score (nSPS) is 13.7. The summed E-state index contributed by atoms with van der Waals surface area (Å²) in [7, 11) is 0. The van der Waals surface area contributed by atoms with Crippen molar-refractivity contribution in [3.63, 3.8) is 0 Å². The van der Waals surface area contributed by atoms with Gasteiger partial charge in [0.05, 0.1) is 22.3 Å². The number of alkyl halides is 12. The molecule has 2 rings (SSSR count). The topological polar surface area (TPSA) is 0 Å². The Kier molecular flexibility index (Phi) is 5.40. The van der Waals surface area contributed by atoms with Crippen LogP contribution in [0.1, 0.15) is 27.8 Å². The van der Waals surface area contributed by atoms with Gasteiger partial charge in [0.1, 0.15) is 0 Å². The lowest BCUT2D eigenvalue weighted by molar-refractivity contribution is -0.145. The Balaban J connectivity index is 3.10. The Morgan fingerprint density at radius 1 is 0.517 bits per heavy atom. The SMILES string of the molecule is Cc1cc(C(F)(F)F)cc(C(F)(F)F)c1-c1c(C(F)(F)F)cccc1C(F)(F)F. The van der Waals surface area contributed by atoms with E-state index in [2.05, 4.69) is 0 Å². The second-order valence-corrected chi connectivity index (χ2v) is 5.93. The average molecular weight is 440 g/mol. The van der Waals surface area contributed by atoms with E-state index in [1.807, 2.05) is 0 Å². The zero-order valence-corrected chi connectivity index (χ0v) is 13.9. The summed E-state index contributed by atoms with van der Waals surface area (Å²) in [6.45, 7) is 0.577. The zero-order valence-electron chi connectivity index (χ0n) is 13.9. The smallest absolute Gasteiger partial charge is 0.166 e.